The lowest BCUT2D eigenvalue weighted by atomic mass is 10.1. The predicted octanol–water partition coefficient (Wildman–Crippen LogP) is 4.26. The molecule has 3 nitrogen and oxygen atoms in total. The van der Waals surface area contributed by atoms with Crippen LogP contribution in [0.4, 0.5) is 5.69 Å². The Kier molecular flexibility index (Phi) is 4.04. The van der Waals surface area contributed by atoms with Crippen molar-refractivity contribution >= 4 is 28.9 Å². The molecule has 1 aromatic heterocycles. The number of rotatable bonds is 3. The summed E-state index contributed by atoms with van der Waals surface area (Å²) in [5.41, 5.74) is 2.74. The third kappa shape index (κ3) is 2.92. The Bertz CT molecular complexity index is 558. The van der Waals surface area contributed by atoms with Crippen LogP contribution in [0.15, 0.2) is 30.6 Å². The minimum Gasteiger partial charge on any atom is -0.377 e. The molecule has 0 fully saturated rings. The van der Waals surface area contributed by atoms with Gasteiger partial charge >= 0.3 is 0 Å². The summed E-state index contributed by atoms with van der Waals surface area (Å²) in [5.74, 6) is 0. The molecule has 2 aromatic rings. The normalized spacial score (nSPS) is 12.2. The first-order chi connectivity index (χ1) is 8.58. The van der Waals surface area contributed by atoms with Gasteiger partial charge in [-0.1, -0.05) is 23.2 Å². The predicted molar refractivity (Wildman–Crippen MR) is 75.3 cm³/mol. The summed E-state index contributed by atoms with van der Waals surface area (Å²) in [6, 6.07) is 5.50. The number of anilines is 1. The van der Waals surface area contributed by atoms with Gasteiger partial charge in [0.05, 0.1) is 27.5 Å². The Labute approximate surface area is 116 Å². The zero-order valence-corrected chi connectivity index (χ0v) is 11.6. The highest BCUT2D eigenvalue weighted by molar-refractivity contribution is 6.42. The van der Waals surface area contributed by atoms with Crippen molar-refractivity contribution in [2.75, 3.05) is 5.32 Å². The van der Waals surface area contributed by atoms with Gasteiger partial charge in [0.25, 0.3) is 0 Å². The molecule has 1 aromatic carbocycles. The van der Waals surface area contributed by atoms with E-state index in [9.17, 15) is 0 Å². The lowest BCUT2D eigenvalue weighted by Crippen LogP contribution is -2.10. The van der Waals surface area contributed by atoms with Crippen LogP contribution in [0.25, 0.3) is 0 Å². The summed E-state index contributed by atoms with van der Waals surface area (Å²) in [6.45, 7) is 3.97. The zero-order chi connectivity index (χ0) is 13.1. The van der Waals surface area contributed by atoms with Crippen molar-refractivity contribution in [3.8, 4) is 0 Å². The molecule has 0 aliphatic rings. The van der Waals surface area contributed by atoms with Gasteiger partial charge in [0.15, 0.2) is 0 Å². The molecule has 94 valence electrons. The van der Waals surface area contributed by atoms with Gasteiger partial charge in [-0.05, 0) is 32.0 Å². The van der Waals surface area contributed by atoms with E-state index in [0.29, 0.717) is 10.0 Å². The summed E-state index contributed by atoms with van der Waals surface area (Å²) in [4.78, 5) is 8.55. The van der Waals surface area contributed by atoms with Gasteiger partial charge in [0, 0.05) is 18.1 Å². The Morgan fingerprint density at radius 3 is 2.50 bits per heavy atom. The molecule has 2 rings (SSSR count). The molecule has 1 N–H and O–H groups in total. The second-order valence-electron chi connectivity index (χ2n) is 4.02. The highest BCUT2D eigenvalue weighted by Crippen LogP contribution is 2.27. The zero-order valence-electron chi connectivity index (χ0n) is 10.1. The average molecular weight is 282 g/mol. The van der Waals surface area contributed by atoms with Crippen molar-refractivity contribution in [3.05, 3.63) is 52.0 Å². The number of halogens is 2. The number of nitrogens with one attached hydrogen (secondary N) is 1. The molecule has 0 spiro atoms. The molecule has 0 aliphatic heterocycles. The fourth-order valence-electron chi connectivity index (χ4n) is 1.75. The summed E-state index contributed by atoms with van der Waals surface area (Å²) in [6.07, 6.45) is 3.38. The Balaban J connectivity index is 2.19. The maximum Gasteiger partial charge on any atom is 0.0835 e. The lowest BCUT2D eigenvalue weighted by molar-refractivity contribution is 0.810. The summed E-state index contributed by atoms with van der Waals surface area (Å²) in [5, 5.41) is 4.40. The minimum atomic E-state index is 0.0518. The maximum atomic E-state index is 5.97. The van der Waals surface area contributed by atoms with E-state index in [2.05, 4.69) is 15.3 Å². The molecule has 0 saturated carbocycles. The van der Waals surface area contributed by atoms with Crippen molar-refractivity contribution in [1.29, 1.82) is 0 Å². The topological polar surface area (TPSA) is 37.8 Å². The highest BCUT2D eigenvalue weighted by atomic mass is 35.5. The quantitative estimate of drug-likeness (QED) is 0.913. The monoisotopic (exact) mass is 281 g/mol. The van der Waals surface area contributed by atoms with Crippen molar-refractivity contribution < 1.29 is 0 Å². The molecule has 0 bridgehead atoms. The second-order valence-corrected chi connectivity index (χ2v) is 4.84. The third-order valence-corrected chi connectivity index (χ3v) is 3.37. The Morgan fingerprint density at radius 2 is 1.83 bits per heavy atom. The maximum absolute atomic E-state index is 5.97. The molecule has 0 radical (unpaired) electrons. The van der Waals surface area contributed by atoms with E-state index in [1.165, 1.54) is 0 Å². The molecule has 18 heavy (non-hydrogen) atoms. The Morgan fingerprint density at radius 1 is 1.11 bits per heavy atom. The molecular weight excluding hydrogens is 269 g/mol. The molecule has 1 atom stereocenters. The number of hydrogen-bond donors (Lipinski definition) is 1. The molecule has 1 heterocycles. The van der Waals surface area contributed by atoms with Crippen LogP contribution < -0.4 is 5.32 Å². The first-order valence-electron chi connectivity index (χ1n) is 5.57. The molecule has 0 amide bonds. The minimum absolute atomic E-state index is 0.0518. The highest BCUT2D eigenvalue weighted by Gasteiger charge is 2.10. The van der Waals surface area contributed by atoms with Gasteiger partial charge in [0.2, 0.25) is 0 Å². The van der Waals surface area contributed by atoms with Gasteiger partial charge in [0.1, 0.15) is 0 Å². The van der Waals surface area contributed by atoms with E-state index in [1.54, 1.807) is 24.5 Å². The van der Waals surface area contributed by atoms with Crippen LogP contribution in [0.5, 0.6) is 0 Å². The van der Waals surface area contributed by atoms with Gasteiger partial charge in [-0.25, -0.2) is 0 Å². The van der Waals surface area contributed by atoms with Crippen LogP contribution in [-0.4, -0.2) is 9.97 Å². The van der Waals surface area contributed by atoms with Crippen molar-refractivity contribution in [2.24, 2.45) is 0 Å². The largest absolute Gasteiger partial charge is 0.377 e. The summed E-state index contributed by atoms with van der Waals surface area (Å²) >= 11 is 11.9. The molecule has 0 saturated heterocycles. The smallest absolute Gasteiger partial charge is 0.0835 e. The van der Waals surface area contributed by atoms with Gasteiger partial charge < -0.3 is 5.32 Å². The third-order valence-electron chi connectivity index (χ3n) is 2.63. The van der Waals surface area contributed by atoms with Crippen molar-refractivity contribution in [1.82, 2.24) is 9.97 Å². The van der Waals surface area contributed by atoms with E-state index >= 15 is 0 Å². The van der Waals surface area contributed by atoms with Gasteiger partial charge in [-0.15, -0.1) is 0 Å². The number of hydrogen-bond acceptors (Lipinski definition) is 3. The van der Waals surface area contributed by atoms with Crippen molar-refractivity contribution in [2.45, 2.75) is 19.9 Å². The number of benzene rings is 1. The van der Waals surface area contributed by atoms with E-state index in [4.69, 9.17) is 23.2 Å². The molecule has 5 heteroatoms. The second kappa shape index (κ2) is 5.55. The number of nitrogens with zero attached hydrogens (tertiary/aromatic N) is 2. The SMILES string of the molecule is Cc1nccnc1C(C)Nc1ccc(Cl)c(Cl)c1. The van der Waals surface area contributed by atoms with Crippen molar-refractivity contribution in [3.63, 3.8) is 0 Å². The summed E-state index contributed by atoms with van der Waals surface area (Å²) < 4.78 is 0. The molecule has 1 unspecified atom stereocenters. The van der Waals surface area contributed by atoms with Crippen LogP contribution in [0.2, 0.25) is 10.0 Å². The van der Waals surface area contributed by atoms with Crippen LogP contribution in [0.1, 0.15) is 24.4 Å². The number of aromatic nitrogens is 2. The lowest BCUT2D eigenvalue weighted by Gasteiger charge is -2.16. The van der Waals surface area contributed by atoms with Gasteiger partial charge in [-0.2, -0.15) is 0 Å². The van der Waals surface area contributed by atoms with E-state index in [0.717, 1.165) is 17.1 Å². The number of aryl methyl sites for hydroxylation is 1. The van der Waals surface area contributed by atoms with Crippen LogP contribution in [-0.2, 0) is 0 Å². The summed E-state index contributed by atoms with van der Waals surface area (Å²) in [7, 11) is 0. The van der Waals surface area contributed by atoms with Crippen LogP contribution >= 0.6 is 23.2 Å². The van der Waals surface area contributed by atoms with E-state index < -0.39 is 0 Å². The fourth-order valence-corrected chi connectivity index (χ4v) is 2.05. The first-order valence-corrected chi connectivity index (χ1v) is 6.32. The van der Waals surface area contributed by atoms with Gasteiger partial charge in [-0.3, -0.25) is 9.97 Å². The standard InChI is InChI=1S/C13H13Cl2N3/c1-8-13(17-6-5-16-8)9(2)18-10-3-4-11(14)12(15)7-10/h3-7,9,18H,1-2H3. The Hall–Kier alpha value is -1.32. The van der Waals surface area contributed by atoms with E-state index in [1.807, 2.05) is 19.9 Å². The van der Waals surface area contributed by atoms with E-state index in [-0.39, 0.29) is 6.04 Å². The fraction of sp³-hybridized carbons (Fsp3) is 0.231. The first kappa shape index (κ1) is 13.1. The molecular formula is C13H13Cl2N3. The average Bonchev–Trinajstić information content (AvgIpc) is 2.34. The van der Waals surface area contributed by atoms with Crippen LogP contribution in [0, 0.1) is 6.92 Å². The van der Waals surface area contributed by atoms with Crippen LogP contribution in [0.3, 0.4) is 0 Å². The molecule has 0 aliphatic carbocycles.